The van der Waals surface area contributed by atoms with E-state index in [1.165, 1.54) is 16.7 Å². The van der Waals surface area contributed by atoms with Crippen molar-refractivity contribution < 1.29 is 0 Å². The third-order valence-corrected chi connectivity index (χ3v) is 4.47. The van der Waals surface area contributed by atoms with Crippen molar-refractivity contribution in [3.8, 4) is 22.4 Å². The lowest BCUT2D eigenvalue weighted by atomic mass is 9.92. The Morgan fingerprint density at radius 1 is 0.960 bits per heavy atom. The maximum Gasteiger partial charge on any atom is 0.220 e. The summed E-state index contributed by atoms with van der Waals surface area (Å²) in [7, 11) is 0. The van der Waals surface area contributed by atoms with E-state index >= 15 is 0 Å². The summed E-state index contributed by atoms with van der Waals surface area (Å²) in [6.45, 7) is 6.32. The van der Waals surface area contributed by atoms with Crippen molar-refractivity contribution in [2.45, 2.75) is 20.8 Å². The minimum atomic E-state index is 0.280. The molecule has 0 aliphatic heterocycles. The number of aryl methyl sites for hydroxylation is 3. The fraction of sp³-hybridized carbons (Fsp3) is 0.150. The van der Waals surface area contributed by atoms with Crippen molar-refractivity contribution in [1.82, 2.24) is 20.2 Å². The number of benzene rings is 2. The second-order valence-electron chi connectivity index (χ2n) is 6.44. The molecule has 0 saturated carbocycles. The van der Waals surface area contributed by atoms with Gasteiger partial charge in [0.1, 0.15) is 0 Å². The summed E-state index contributed by atoms with van der Waals surface area (Å²) in [4.78, 5) is 8.81. The Balaban J connectivity index is 1.99. The van der Waals surface area contributed by atoms with E-state index in [0.29, 0.717) is 0 Å². The van der Waals surface area contributed by atoms with Crippen molar-refractivity contribution in [3.63, 3.8) is 0 Å². The van der Waals surface area contributed by atoms with Gasteiger partial charge in [-0.1, -0.05) is 23.8 Å². The van der Waals surface area contributed by atoms with Crippen LogP contribution in [0.25, 0.3) is 33.3 Å². The van der Waals surface area contributed by atoms with Crippen LogP contribution in [-0.4, -0.2) is 20.2 Å². The highest BCUT2D eigenvalue weighted by Crippen LogP contribution is 2.35. The molecule has 0 atom stereocenters. The topological polar surface area (TPSA) is 80.5 Å². The highest BCUT2D eigenvalue weighted by molar-refractivity contribution is 5.89. The zero-order valence-corrected chi connectivity index (χ0v) is 14.5. The van der Waals surface area contributed by atoms with Crippen LogP contribution < -0.4 is 5.73 Å². The number of aromatic amines is 1. The van der Waals surface area contributed by atoms with Crippen LogP contribution in [0.5, 0.6) is 0 Å². The number of hydrogen-bond acceptors (Lipinski definition) is 4. The second kappa shape index (κ2) is 5.70. The molecule has 0 fully saturated rings. The monoisotopic (exact) mass is 329 g/mol. The number of nitrogens with two attached hydrogens (primary N) is 1. The smallest absolute Gasteiger partial charge is 0.220 e. The van der Waals surface area contributed by atoms with Gasteiger partial charge >= 0.3 is 0 Å². The second-order valence-corrected chi connectivity index (χ2v) is 6.44. The summed E-state index contributed by atoms with van der Waals surface area (Å²) < 4.78 is 0. The molecule has 2 heterocycles. The number of anilines is 1. The molecule has 5 heteroatoms. The summed E-state index contributed by atoms with van der Waals surface area (Å²) in [5, 5.41) is 8.12. The summed E-state index contributed by atoms with van der Waals surface area (Å²) in [5.41, 5.74) is 14.5. The summed E-state index contributed by atoms with van der Waals surface area (Å²) >= 11 is 0. The van der Waals surface area contributed by atoms with Gasteiger partial charge in [0.05, 0.1) is 17.4 Å². The van der Waals surface area contributed by atoms with Gasteiger partial charge in [0.2, 0.25) is 5.95 Å². The van der Waals surface area contributed by atoms with Gasteiger partial charge in [-0.15, -0.1) is 0 Å². The van der Waals surface area contributed by atoms with E-state index < -0.39 is 0 Å². The Morgan fingerprint density at radius 3 is 2.48 bits per heavy atom. The quantitative estimate of drug-likeness (QED) is 0.578. The van der Waals surface area contributed by atoms with Crippen LogP contribution in [0, 0.1) is 20.8 Å². The van der Waals surface area contributed by atoms with E-state index in [0.717, 1.165) is 33.3 Å². The first kappa shape index (κ1) is 15.3. The Hall–Kier alpha value is -3.21. The number of H-pyrrole nitrogens is 1. The maximum atomic E-state index is 5.91. The lowest BCUT2D eigenvalue weighted by Crippen LogP contribution is -2.01. The lowest BCUT2D eigenvalue weighted by Gasteiger charge is -2.15. The van der Waals surface area contributed by atoms with Gasteiger partial charge in [0.25, 0.3) is 0 Å². The van der Waals surface area contributed by atoms with Gasteiger partial charge in [-0.2, -0.15) is 5.10 Å². The van der Waals surface area contributed by atoms with Crippen molar-refractivity contribution in [2.75, 3.05) is 5.73 Å². The van der Waals surface area contributed by atoms with Gasteiger partial charge in [0.15, 0.2) is 0 Å². The molecule has 0 bridgehead atoms. The lowest BCUT2D eigenvalue weighted by molar-refractivity contribution is 1.12. The molecule has 25 heavy (non-hydrogen) atoms. The predicted octanol–water partition coefficient (Wildman–Crippen LogP) is 4.19. The standard InChI is InChI=1S/C20H19N5/c1-11-6-12(2)18(13(3)7-11)19-16(10-22-20(21)24-19)14-4-5-17-15(8-14)9-23-25-17/h4-10H,1-3H3,(H,23,25)(H2,21,22,24). The molecule has 2 aromatic heterocycles. The molecule has 0 saturated heterocycles. The molecule has 0 aliphatic carbocycles. The van der Waals surface area contributed by atoms with E-state index in [1.54, 1.807) is 6.20 Å². The number of nitrogens with one attached hydrogen (secondary N) is 1. The fourth-order valence-electron chi connectivity index (χ4n) is 3.46. The van der Waals surface area contributed by atoms with Crippen molar-refractivity contribution in [3.05, 3.63) is 59.4 Å². The number of nitrogens with zero attached hydrogens (tertiary/aromatic N) is 3. The van der Waals surface area contributed by atoms with E-state index in [1.807, 2.05) is 12.3 Å². The zero-order valence-electron chi connectivity index (χ0n) is 14.5. The van der Waals surface area contributed by atoms with Gasteiger partial charge in [-0.3, -0.25) is 5.10 Å². The van der Waals surface area contributed by atoms with Crippen molar-refractivity contribution in [1.29, 1.82) is 0 Å². The Labute approximate surface area is 145 Å². The number of hydrogen-bond donors (Lipinski definition) is 2. The fourth-order valence-corrected chi connectivity index (χ4v) is 3.46. The third-order valence-electron chi connectivity index (χ3n) is 4.47. The molecule has 2 aromatic carbocycles. The van der Waals surface area contributed by atoms with Gasteiger partial charge in [-0.25, -0.2) is 9.97 Å². The molecule has 0 spiro atoms. The largest absolute Gasteiger partial charge is 0.368 e. The first-order chi connectivity index (χ1) is 12.0. The SMILES string of the molecule is Cc1cc(C)c(-c2nc(N)ncc2-c2ccc3[nH]ncc3c2)c(C)c1. The van der Waals surface area contributed by atoms with Crippen molar-refractivity contribution in [2.24, 2.45) is 0 Å². The summed E-state index contributed by atoms with van der Waals surface area (Å²) in [6, 6.07) is 10.5. The summed E-state index contributed by atoms with van der Waals surface area (Å²) in [5.74, 6) is 0.280. The molecule has 0 radical (unpaired) electrons. The molecule has 4 rings (SSSR count). The first-order valence-corrected chi connectivity index (χ1v) is 8.17. The minimum Gasteiger partial charge on any atom is -0.368 e. The van der Waals surface area contributed by atoms with E-state index in [-0.39, 0.29) is 5.95 Å². The highest BCUT2D eigenvalue weighted by atomic mass is 15.1. The van der Waals surface area contributed by atoms with Gasteiger partial charge < -0.3 is 5.73 Å². The van der Waals surface area contributed by atoms with Gasteiger partial charge in [-0.05, 0) is 49.6 Å². The first-order valence-electron chi connectivity index (χ1n) is 8.17. The van der Waals surface area contributed by atoms with Crippen LogP contribution in [0.1, 0.15) is 16.7 Å². The number of aromatic nitrogens is 4. The minimum absolute atomic E-state index is 0.280. The van der Waals surface area contributed by atoms with E-state index in [4.69, 9.17) is 5.73 Å². The van der Waals surface area contributed by atoms with Crippen LogP contribution in [0.4, 0.5) is 5.95 Å². The predicted molar refractivity (Wildman–Crippen MR) is 101 cm³/mol. The average Bonchev–Trinajstić information content (AvgIpc) is 3.01. The Morgan fingerprint density at radius 2 is 1.72 bits per heavy atom. The number of fused-ring (bicyclic) bond motifs is 1. The van der Waals surface area contributed by atoms with Crippen LogP contribution in [0.3, 0.4) is 0 Å². The van der Waals surface area contributed by atoms with E-state index in [9.17, 15) is 0 Å². The highest BCUT2D eigenvalue weighted by Gasteiger charge is 2.16. The molecule has 124 valence electrons. The summed E-state index contributed by atoms with van der Waals surface area (Å²) in [6.07, 6.45) is 3.62. The molecule has 4 aromatic rings. The molecule has 3 N–H and O–H groups in total. The maximum absolute atomic E-state index is 5.91. The normalized spacial score (nSPS) is 11.2. The molecule has 0 unspecified atom stereocenters. The molecule has 0 amide bonds. The van der Waals surface area contributed by atoms with Crippen LogP contribution in [0.15, 0.2) is 42.7 Å². The van der Waals surface area contributed by atoms with Crippen LogP contribution in [0.2, 0.25) is 0 Å². The number of rotatable bonds is 2. The Kier molecular flexibility index (Phi) is 3.50. The van der Waals surface area contributed by atoms with E-state index in [2.05, 4.69) is 65.2 Å². The molecular weight excluding hydrogens is 310 g/mol. The number of nitrogen functional groups attached to an aromatic ring is 1. The zero-order chi connectivity index (χ0) is 17.6. The van der Waals surface area contributed by atoms with Crippen molar-refractivity contribution >= 4 is 16.9 Å². The molecule has 0 aliphatic rings. The van der Waals surface area contributed by atoms with Gasteiger partial charge in [0, 0.05) is 22.7 Å². The Bertz CT molecular complexity index is 1070. The van der Waals surface area contributed by atoms with Crippen LogP contribution in [-0.2, 0) is 0 Å². The average molecular weight is 329 g/mol. The molecule has 5 nitrogen and oxygen atoms in total. The molecular formula is C20H19N5. The third kappa shape index (κ3) is 2.63. The van der Waals surface area contributed by atoms with Crippen LogP contribution >= 0.6 is 0 Å².